The zero-order valence-corrected chi connectivity index (χ0v) is 22.7. The lowest BCUT2D eigenvalue weighted by Gasteiger charge is -2.21. The molecule has 0 rings (SSSR count). The standard InChI is InChI=1S/C30H38O3S2/c1-9-28(18-15-22-30(8,11-3)12-4)35(32)29(10-2)19-16-23-33-26(6)17-13-14-24-34-27(7)21-20-25(5)31/h9-10,13-24,31H,1-2,5-7,11-12H2,3-4,8H3/b17-13-,21-20-,22-15+,23-16+,24-14+,28-18+,29-19+. The summed E-state index contributed by atoms with van der Waals surface area (Å²) in [7, 11) is -1.41. The van der Waals surface area contributed by atoms with E-state index in [4.69, 9.17) is 9.84 Å². The van der Waals surface area contributed by atoms with Crippen molar-refractivity contribution in [2.45, 2.75) is 33.6 Å². The molecule has 35 heavy (non-hydrogen) atoms. The van der Waals surface area contributed by atoms with Crippen molar-refractivity contribution >= 4 is 22.6 Å². The summed E-state index contributed by atoms with van der Waals surface area (Å²) in [5.74, 6) is 0.419. The maximum Gasteiger partial charge on any atom is 0.119 e. The van der Waals surface area contributed by atoms with Gasteiger partial charge in [0.2, 0.25) is 0 Å². The van der Waals surface area contributed by atoms with Gasteiger partial charge in [-0.3, -0.25) is 0 Å². The Bertz CT molecular complexity index is 995. The van der Waals surface area contributed by atoms with Crippen LogP contribution in [0.4, 0.5) is 0 Å². The highest BCUT2D eigenvalue weighted by Gasteiger charge is 2.14. The molecule has 0 saturated heterocycles. The van der Waals surface area contributed by atoms with Crippen molar-refractivity contribution in [3.05, 3.63) is 144 Å². The fraction of sp³-hybridized carbons (Fsp3) is 0.200. The Morgan fingerprint density at radius 2 is 1.54 bits per heavy atom. The van der Waals surface area contributed by atoms with E-state index in [0.29, 0.717) is 15.6 Å². The van der Waals surface area contributed by atoms with Gasteiger partial charge < -0.3 is 9.84 Å². The molecule has 5 heteroatoms. The molecule has 0 amide bonds. The van der Waals surface area contributed by atoms with Gasteiger partial charge in [-0.25, -0.2) is 4.21 Å². The SMILES string of the molecule is C=C/C(=C\C=C\OC(=C)/C=C\C=C\SC(=C)/C=C\C(=C)O)S(=O)/C(C=C)=C/C=C/C(C)(CC)CC. The fourth-order valence-corrected chi connectivity index (χ4v) is 3.74. The van der Waals surface area contributed by atoms with Gasteiger partial charge in [0.1, 0.15) is 11.5 Å². The summed E-state index contributed by atoms with van der Waals surface area (Å²) >= 11 is 1.40. The summed E-state index contributed by atoms with van der Waals surface area (Å²) in [6.07, 6.45) is 24.4. The summed E-state index contributed by atoms with van der Waals surface area (Å²) in [6, 6.07) is 0. The molecule has 0 aromatic carbocycles. The highest BCUT2D eigenvalue weighted by Crippen LogP contribution is 2.27. The van der Waals surface area contributed by atoms with Crippen molar-refractivity contribution < 1.29 is 14.1 Å². The molecule has 0 heterocycles. The Morgan fingerprint density at radius 3 is 2.09 bits per heavy atom. The van der Waals surface area contributed by atoms with Gasteiger partial charge in [0.25, 0.3) is 0 Å². The Kier molecular flexibility index (Phi) is 16.7. The van der Waals surface area contributed by atoms with Crippen molar-refractivity contribution in [1.82, 2.24) is 0 Å². The van der Waals surface area contributed by atoms with E-state index >= 15 is 0 Å². The second-order valence-corrected chi connectivity index (χ2v) is 10.1. The number of ether oxygens (including phenoxy) is 1. The van der Waals surface area contributed by atoms with Crippen molar-refractivity contribution in [1.29, 1.82) is 0 Å². The number of rotatable bonds is 17. The molecular weight excluding hydrogens is 472 g/mol. The van der Waals surface area contributed by atoms with Gasteiger partial charge in [0, 0.05) is 14.7 Å². The van der Waals surface area contributed by atoms with Gasteiger partial charge in [0.15, 0.2) is 0 Å². The molecule has 1 unspecified atom stereocenters. The van der Waals surface area contributed by atoms with Crippen LogP contribution in [-0.2, 0) is 15.5 Å². The van der Waals surface area contributed by atoms with E-state index in [0.717, 1.165) is 17.7 Å². The Labute approximate surface area is 218 Å². The molecular formula is C30H38O3S2. The second-order valence-electron chi connectivity index (χ2n) is 7.54. The minimum Gasteiger partial charge on any atom is -0.509 e. The summed E-state index contributed by atoms with van der Waals surface area (Å²) in [4.78, 5) is 1.90. The number of allylic oxidation sites excluding steroid dienone is 12. The van der Waals surface area contributed by atoms with Crippen LogP contribution < -0.4 is 0 Å². The molecule has 3 nitrogen and oxygen atoms in total. The molecule has 188 valence electrons. The molecule has 0 aliphatic carbocycles. The second kappa shape index (κ2) is 18.3. The molecule has 0 bridgehead atoms. The molecule has 0 radical (unpaired) electrons. The molecule has 1 atom stereocenters. The monoisotopic (exact) mass is 510 g/mol. The molecule has 1 N–H and O–H groups in total. The van der Waals surface area contributed by atoms with E-state index in [-0.39, 0.29) is 11.2 Å². The molecule has 0 saturated carbocycles. The van der Waals surface area contributed by atoms with Crippen molar-refractivity contribution in [2.24, 2.45) is 5.41 Å². The largest absolute Gasteiger partial charge is 0.509 e. The van der Waals surface area contributed by atoms with E-state index in [1.54, 1.807) is 42.5 Å². The maximum atomic E-state index is 12.9. The summed E-state index contributed by atoms with van der Waals surface area (Å²) < 4.78 is 18.3. The van der Waals surface area contributed by atoms with Crippen molar-refractivity contribution in [3.63, 3.8) is 0 Å². The minimum atomic E-state index is -1.41. The van der Waals surface area contributed by atoms with Crippen molar-refractivity contribution in [2.75, 3.05) is 0 Å². The number of aliphatic hydroxyl groups is 1. The first-order valence-electron chi connectivity index (χ1n) is 11.2. The lowest BCUT2D eigenvalue weighted by molar-refractivity contribution is 0.370. The third-order valence-electron chi connectivity index (χ3n) is 4.92. The molecule has 0 aliphatic rings. The third-order valence-corrected chi connectivity index (χ3v) is 7.11. The number of hydrogen-bond acceptors (Lipinski definition) is 4. The highest BCUT2D eigenvalue weighted by molar-refractivity contribution is 8.06. The number of thioether (sulfide) groups is 1. The summed E-state index contributed by atoms with van der Waals surface area (Å²) in [5.41, 5.74) is 0.120. The quantitative estimate of drug-likeness (QED) is 0.156. The first-order valence-corrected chi connectivity index (χ1v) is 13.2. The van der Waals surface area contributed by atoms with E-state index in [9.17, 15) is 4.21 Å². The van der Waals surface area contributed by atoms with E-state index in [2.05, 4.69) is 59.7 Å². The molecule has 0 aliphatic heterocycles. The maximum absolute atomic E-state index is 12.9. The third kappa shape index (κ3) is 14.8. The van der Waals surface area contributed by atoms with E-state index in [1.807, 2.05) is 23.6 Å². The first-order chi connectivity index (χ1) is 16.6. The predicted molar refractivity (Wildman–Crippen MR) is 158 cm³/mol. The Morgan fingerprint density at radius 1 is 0.943 bits per heavy atom. The molecule has 0 aromatic heterocycles. The van der Waals surface area contributed by atoms with Crippen LogP contribution in [0.2, 0.25) is 0 Å². The van der Waals surface area contributed by atoms with Gasteiger partial charge in [0.05, 0.1) is 17.1 Å². The van der Waals surface area contributed by atoms with E-state index < -0.39 is 10.8 Å². The summed E-state index contributed by atoms with van der Waals surface area (Å²) in [6.45, 7) is 25.1. The van der Waals surface area contributed by atoms with Crippen LogP contribution in [0.15, 0.2) is 144 Å². The van der Waals surface area contributed by atoms with Crippen LogP contribution in [0.25, 0.3) is 0 Å². The van der Waals surface area contributed by atoms with Crippen LogP contribution in [-0.4, -0.2) is 9.32 Å². The smallest absolute Gasteiger partial charge is 0.119 e. The van der Waals surface area contributed by atoms with Gasteiger partial charge >= 0.3 is 0 Å². The normalized spacial score (nSPS) is 14.4. The summed E-state index contributed by atoms with van der Waals surface area (Å²) in [5, 5.41) is 10.9. The minimum absolute atomic E-state index is 0.0184. The average Bonchev–Trinajstić information content (AvgIpc) is 2.84. The zero-order chi connectivity index (χ0) is 26.7. The van der Waals surface area contributed by atoms with Gasteiger partial charge in [-0.15, -0.1) is 0 Å². The Balaban J connectivity index is 4.95. The molecule has 0 spiro atoms. The Hall–Kier alpha value is -3.02. The lowest BCUT2D eigenvalue weighted by Crippen LogP contribution is -2.09. The van der Waals surface area contributed by atoms with Crippen LogP contribution >= 0.6 is 11.8 Å². The van der Waals surface area contributed by atoms with Crippen molar-refractivity contribution in [3.8, 4) is 0 Å². The van der Waals surface area contributed by atoms with Crippen LogP contribution in [0, 0.1) is 5.41 Å². The predicted octanol–water partition coefficient (Wildman–Crippen LogP) is 9.25. The molecule has 0 aromatic rings. The van der Waals surface area contributed by atoms with E-state index in [1.165, 1.54) is 24.1 Å². The number of hydrogen-bond donors (Lipinski definition) is 1. The van der Waals surface area contributed by atoms with Crippen LogP contribution in [0.1, 0.15) is 33.6 Å². The average molecular weight is 511 g/mol. The van der Waals surface area contributed by atoms with Gasteiger partial charge in [-0.2, -0.15) is 0 Å². The fourth-order valence-electron chi connectivity index (χ4n) is 2.27. The first kappa shape index (κ1) is 32.0. The van der Waals surface area contributed by atoms with Gasteiger partial charge in [-0.1, -0.05) is 102 Å². The number of aliphatic hydroxyl groups excluding tert-OH is 1. The van der Waals surface area contributed by atoms with Crippen LogP contribution in [0.5, 0.6) is 0 Å². The van der Waals surface area contributed by atoms with Crippen LogP contribution in [0.3, 0.4) is 0 Å². The highest BCUT2D eigenvalue weighted by atomic mass is 32.2. The topological polar surface area (TPSA) is 46.5 Å². The molecule has 0 fully saturated rings. The van der Waals surface area contributed by atoms with Gasteiger partial charge in [-0.05, 0) is 60.1 Å². The zero-order valence-electron chi connectivity index (χ0n) is 21.1. The lowest BCUT2D eigenvalue weighted by atomic mass is 9.84.